The van der Waals surface area contributed by atoms with E-state index in [1.165, 1.54) is 4.90 Å². The Morgan fingerprint density at radius 1 is 1.30 bits per heavy atom. The van der Waals surface area contributed by atoms with E-state index in [1.807, 2.05) is 26.2 Å². The number of halogens is 2. The topological polar surface area (TPSA) is 84.8 Å². The first-order chi connectivity index (χ1) is 12.8. The van der Waals surface area contributed by atoms with Crippen LogP contribution >= 0.6 is 27.5 Å². The Labute approximate surface area is 171 Å². The van der Waals surface area contributed by atoms with Gasteiger partial charge in [0.25, 0.3) is 0 Å². The van der Waals surface area contributed by atoms with Crippen molar-refractivity contribution >= 4 is 56.3 Å². The van der Waals surface area contributed by atoms with Crippen LogP contribution in [0.25, 0.3) is 10.9 Å². The summed E-state index contributed by atoms with van der Waals surface area (Å²) in [7, 11) is 4.02. The third kappa shape index (κ3) is 4.72. The van der Waals surface area contributed by atoms with Crippen molar-refractivity contribution in [2.24, 2.45) is 0 Å². The molecule has 1 aliphatic rings. The van der Waals surface area contributed by atoms with E-state index in [9.17, 15) is 4.79 Å². The second kappa shape index (κ2) is 8.45. The fraction of sp³-hybridized carbons (Fsp3) is 0.471. The normalized spacial score (nSPS) is 14.9. The number of nitrogens with zero attached hydrogens (tertiary/aromatic N) is 5. The molecule has 0 aliphatic carbocycles. The van der Waals surface area contributed by atoms with Crippen molar-refractivity contribution in [3.63, 3.8) is 0 Å². The molecule has 2 N–H and O–H groups in total. The van der Waals surface area contributed by atoms with E-state index >= 15 is 0 Å². The molecule has 1 fully saturated rings. The molecule has 2 aromatic rings. The average Bonchev–Trinajstić information content (AvgIpc) is 2.62. The zero-order valence-electron chi connectivity index (χ0n) is 15.2. The van der Waals surface area contributed by atoms with Crippen molar-refractivity contribution < 1.29 is 9.90 Å². The second-order valence-electron chi connectivity index (χ2n) is 6.64. The fourth-order valence-corrected chi connectivity index (χ4v) is 3.42. The van der Waals surface area contributed by atoms with Gasteiger partial charge in [0, 0.05) is 49.1 Å². The van der Waals surface area contributed by atoms with Crippen molar-refractivity contribution in [1.29, 1.82) is 0 Å². The first-order valence-electron chi connectivity index (χ1n) is 8.63. The van der Waals surface area contributed by atoms with E-state index in [0.717, 1.165) is 34.3 Å². The number of hydrogen-bond acceptors (Lipinski definition) is 6. The van der Waals surface area contributed by atoms with Crippen molar-refractivity contribution in [2.75, 3.05) is 63.6 Å². The molecule has 1 amide bonds. The van der Waals surface area contributed by atoms with Crippen LogP contribution in [0.4, 0.5) is 16.6 Å². The van der Waals surface area contributed by atoms with Crippen LogP contribution in [-0.4, -0.2) is 84.3 Å². The van der Waals surface area contributed by atoms with Gasteiger partial charge in [0.15, 0.2) is 0 Å². The Kier molecular flexibility index (Phi) is 6.23. The molecule has 1 aliphatic heterocycles. The number of aromatic nitrogens is 2. The summed E-state index contributed by atoms with van der Waals surface area (Å²) in [5.74, 6) is 1.32. The van der Waals surface area contributed by atoms with Gasteiger partial charge in [0.05, 0.1) is 10.5 Å². The van der Waals surface area contributed by atoms with Crippen LogP contribution in [0.1, 0.15) is 0 Å². The summed E-state index contributed by atoms with van der Waals surface area (Å²) in [4.78, 5) is 26.1. The van der Waals surface area contributed by atoms with Gasteiger partial charge in [0.1, 0.15) is 5.82 Å². The van der Waals surface area contributed by atoms with Crippen molar-refractivity contribution in [3.05, 3.63) is 21.6 Å². The first kappa shape index (κ1) is 19.9. The van der Waals surface area contributed by atoms with Crippen LogP contribution in [0.15, 0.2) is 16.6 Å². The van der Waals surface area contributed by atoms with Crippen LogP contribution in [0.2, 0.25) is 5.02 Å². The Morgan fingerprint density at radius 3 is 2.63 bits per heavy atom. The molecule has 3 rings (SSSR count). The van der Waals surface area contributed by atoms with Gasteiger partial charge in [-0.05, 0) is 42.2 Å². The number of rotatable bonds is 5. The molecule has 1 aromatic heterocycles. The molecule has 0 bridgehead atoms. The lowest BCUT2D eigenvalue weighted by molar-refractivity contribution is 0.142. The van der Waals surface area contributed by atoms with Crippen LogP contribution in [-0.2, 0) is 0 Å². The highest BCUT2D eigenvalue weighted by molar-refractivity contribution is 9.10. The molecule has 0 saturated carbocycles. The second-order valence-corrected chi connectivity index (χ2v) is 7.90. The molecule has 0 unspecified atom stereocenters. The Bertz CT molecular complexity index is 842. The number of amides is 1. The lowest BCUT2D eigenvalue weighted by Gasteiger charge is -2.34. The largest absolute Gasteiger partial charge is 0.465 e. The summed E-state index contributed by atoms with van der Waals surface area (Å²) >= 11 is 9.75. The van der Waals surface area contributed by atoms with Gasteiger partial charge in [-0.25, -0.2) is 9.78 Å². The molecule has 146 valence electrons. The summed E-state index contributed by atoms with van der Waals surface area (Å²) < 4.78 is 0.774. The summed E-state index contributed by atoms with van der Waals surface area (Å²) in [5.41, 5.74) is 0.782. The highest BCUT2D eigenvalue weighted by atomic mass is 79.9. The van der Waals surface area contributed by atoms with E-state index in [0.29, 0.717) is 37.1 Å². The van der Waals surface area contributed by atoms with Crippen LogP contribution in [0, 0.1) is 0 Å². The zero-order chi connectivity index (χ0) is 19.6. The monoisotopic (exact) mass is 456 g/mol. The summed E-state index contributed by atoms with van der Waals surface area (Å²) in [6, 6.07) is 3.73. The predicted octanol–water partition coefficient (Wildman–Crippen LogP) is 2.82. The molecule has 1 saturated heterocycles. The minimum absolute atomic E-state index is 0.439. The van der Waals surface area contributed by atoms with E-state index in [2.05, 4.69) is 36.0 Å². The maximum atomic E-state index is 11.2. The summed E-state index contributed by atoms with van der Waals surface area (Å²) in [5, 5.41) is 13.9. The fourth-order valence-electron chi connectivity index (χ4n) is 2.93. The van der Waals surface area contributed by atoms with Crippen molar-refractivity contribution in [3.8, 4) is 0 Å². The van der Waals surface area contributed by atoms with E-state index in [1.54, 1.807) is 0 Å². The molecule has 0 atom stereocenters. The third-order valence-corrected chi connectivity index (χ3v) is 5.61. The lowest BCUT2D eigenvalue weighted by Crippen LogP contribution is -2.48. The van der Waals surface area contributed by atoms with Crippen LogP contribution < -0.4 is 10.2 Å². The number of likely N-dealkylation sites (N-methyl/N-ethyl adjacent to an activating group) is 1. The molecule has 1 aromatic carbocycles. The molecule has 27 heavy (non-hydrogen) atoms. The van der Waals surface area contributed by atoms with Crippen LogP contribution in [0.5, 0.6) is 0 Å². The smallest absolute Gasteiger partial charge is 0.407 e. The van der Waals surface area contributed by atoms with Gasteiger partial charge < -0.3 is 25.1 Å². The Morgan fingerprint density at radius 2 is 2.00 bits per heavy atom. The molecular weight excluding hydrogens is 436 g/mol. The minimum Gasteiger partial charge on any atom is -0.465 e. The molecule has 0 radical (unpaired) electrons. The van der Waals surface area contributed by atoms with E-state index in [-0.39, 0.29) is 0 Å². The summed E-state index contributed by atoms with van der Waals surface area (Å²) in [6.45, 7) is 3.60. The van der Waals surface area contributed by atoms with Gasteiger partial charge >= 0.3 is 6.09 Å². The number of hydrogen-bond donors (Lipinski definition) is 2. The molecule has 2 heterocycles. The SMILES string of the molecule is CN(C)CCNc1nc(N2CCN(C(=O)O)CC2)c2cc(Cl)c(Br)cc2n1. The Balaban J connectivity index is 1.93. The first-order valence-corrected chi connectivity index (χ1v) is 9.80. The van der Waals surface area contributed by atoms with Gasteiger partial charge in [-0.15, -0.1) is 0 Å². The quantitative estimate of drug-likeness (QED) is 0.714. The molecule has 10 heteroatoms. The van der Waals surface area contributed by atoms with Crippen LogP contribution in [0.3, 0.4) is 0 Å². The number of anilines is 2. The highest BCUT2D eigenvalue weighted by Crippen LogP contribution is 2.33. The van der Waals surface area contributed by atoms with Gasteiger partial charge in [0.2, 0.25) is 5.95 Å². The maximum absolute atomic E-state index is 11.2. The van der Waals surface area contributed by atoms with E-state index in [4.69, 9.17) is 21.7 Å². The number of benzene rings is 1. The van der Waals surface area contributed by atoms with Crippen molar-refractivity contribution in [2.45, 2.75) is 0 Å². The highest BCUT2D eigenvalue weighted by Gasteiger charge is 2.23. The maximum Gasteiger partial charge on any atom is 0.407 e. The van der Waals surface area contributed by atoms with Gasteiger partial charge in [-0.2, -0.15) is 4.98 Å². The number of nitrogens with one attached hydrogen (secondary N) is 1. The average molecular weight is 458 g/mol. The molecule has 0 spiro atoms. The number of carboxylic acid groups (broad SMARTS) is 1. The zero-order valence-corrected chi connectivity index (χ0v) is 17.6. The van der Waals surface area contributed by atoms with Gasteiger partial charge in [-0.1, -0.05) is 11.6 Å². The van der Waals surface area contributed by atoms with Crippen molar-refractivity contribution in [1.82, 2.24) is 19.8 Å². The molecular formula is C17H22BrClN6O2. The number of carbonyl (C=O) groups is 1. The number of fused-ring (bicyclic) bond motifs is 1. The third-order valence-electron chi connectivity index (χ3n) is 4.41. The molecule has 8 nitrogen and oxygen atoms in total. The Hall–Kier alpha value is -1.84. The summed E-state index contributed by atoms with van der Waals surface area (Å²) in [6.07, 6.45) is -0.889. The van der Waals surface area contributed by atoms with Gasteiger partial charge in [-0.3, -0.25) is 0 Å². The predicted molar refractivity (Wildman–Crippen MR) is 111 cm³/mol. The number of piperazine rings is 1. The lowest BCUT2D eigenvalue weighted by atomic mass is 10.2. The van der Waals surface area contributed by atoms with E-state index < -0.39 is 6.09 Å². The standard InChI is InChI=1S/C17H22BrClN6O2/c1-23(2)4-3-20-16-21-14-10-12(18)13(19)9-11(14)15(22-16)24-5-7-25(8-6-24)17(26)27/h9-10H,3-8H2,1-2H3,(H,26,27)(H,20,21,22). The minimum atomic E-state index is -0.889.